The van der Waals surface area contributed by atoms with Crippen molar-refractivity contribution >= 4 is 26.6 Å². The van der Waals surface area contributed by atoms with Gasteiger partial charge in [0.25, 0.3) is 5.91 Å². The van der Waals surface area contributed by atoms with Gasteiger partial charge in [0.15, 0.2) is 9.84 Å². The molecule has 1 aliphatic rings. The van der Waals surface area contributed by atoms with Gasteiger partial charge in [0, 0.05) is 30.1 Å². The van der Waals surface area contributed by atoms with Gasteiger partial charge in [-0.1, -0.05) is 0 Å². The largest absolute Gasteiger partial charge is 0.494 e. The SMILES string of the molecule is CCOc1ccc2cc(C(=O)N3CCS(=O)(=O)C(C)C3)[nH]c2c1. The maximum absolute atomic E-state index is 12.6. The molecule has 0 saturated carbocycles. The second-order valence-electron chi connectivity index (χ2n) is 5.79. The molecule has 0 spiro atoms. The third kappa shape index (κ3) is 3.06. The Morgan fingerprint density at radius 3 is 2.87 bits per heavy atom. The number of nitrogens with one attached hydrogen (secondary N) is 1. The zero-order chi connectivity index (χ0) is 16.6. The zero-order valence-electron chi connectivity index (χ0n) is 13.2. The number of sulfone groups is 1. The Hall–Kier alpha value is -2.02. The Morgan fingerprint density at radius 1 is 1.39 bits per heavy atom. The number of hydrogen-bond acceptors (Lipinski definition) is 4. The first-order valence-corrected chi connectivity index (χ1v) is 9.38. The minimum absolute atomic E-state index is 0.0224. The van der Waals surface area contributed by atoms with E-state index in [0.717, 1.165) is 16.7 Å². The lowest BCUT2D eigenvalue weighted by molar-refractivity contribution is 0.0755. The minimum Gasteiger partial charge on any atom is -0.494 e. The molecule has 0 aliphatic carbocycles. The van der Waals surface area contributed by atoms with Gasteiger partial charge in [-0.05, 0) is 32.0 Å². The van der Waals surface area contributed by atoms with Gasteiger partial charge in [0.05, 0.1) is 17.6 Å². The van der Waals surface area contributed by atoms with Crippen LogP contribution in [0.3, 0.4) is 0 Å². The molecule has 1 N–H and O–H groups in total. The van der Waals surface area contributed by atoms with E-state index in [1.165, 1.54) is 0 Å². The number of benzene rings is 1. The number of carbonyl (C=O) groups is 1. The molecule has 1 fully saturated rings. The zero-order valence-corrected chi connectivity index (χ0v) is 14.0. The van der Waals surface area contributed by atoms with Crippen molar-refractivity contribution < 1.29 is 17.9 Å². The summed E-state index contributed by atoms with van der Waals surface area (Å²) in [6, 6.07) is 7.42. The van der Waals surface area contributed by atoms with Crippen LogP contribution in [0.1, 0.15) is 24.3 Å². The average molecular weight is 336 g/mol. The van der Waals surface area contributed by atoms with Crippen LogP contribution in [0, 0.1) is 0 Å². The van der Waals surface area contributed by atoms with E-state index in [4.69, 9.17) is 4.74 Å². The van der Waals surface area contributed by atoms with Crippen LogP contribution >= 0.6 is 0 Å². The highest BCUT2D eigenvalue weighted by Crippen LogP contribution is 2.23. The molecule has 1 amide bonds. The van der Waals surface area contributed by atoms with E-state index in [1.807, 2.05) is 25.1 Å². The van der Waals surface area contributed by atoms with Crippen LogP contribution in [-0.2, 0) is 9.84 Å². The molecule has 1 saturated heterocycles. The minimum atomic E-state index is -3.07. The predicted octanol–water partition coefficient (Wildman–Crippen LogP) is 1.83. The molecule has 124 valence electrons. The molecule has 2 aromatic rings. The standard InChI is InChI=1S/C16H20N2O4S/c1-3-22-13-5-4-12-8-15(17-14(12)9-13)16(19)18-6-7-23(20,21)11(2)10-18/h4-5,8-9,11,17H,3,6-7,10H2,1-2H3. The molecule has 2 heterocycles. The number of carbonyl (C=O) groups excluding carboxylic acids is 1. The van der Waals surface area contributed by atoms with Crippen LogP contribution in [0.4, 0.5) is 0 Å². The van der Waals surface area contributed by atoms with Crippen molar-refractivity contribution in [3.05, 3.63) is 30.0 Å². The molecule has 0 radical (unpaired) electrons. The lowest BCUT2D eigenvalue weighted by Crippen LogP contribution is -2.48. The summed E-state index contributed by atoms with van der Waals surface area (Å²) in [4.78, 5) is 17.3. The van der Waals surface area contributed by atoms with Crippen LogP contribution < -0.4 is 4.74 Å². The summed E-state index contributed by atoms with van der Waals surface area (Å²) in [6.45, 7) is 4.62. The normalized spacial score (nSPS) is 20.6. The van der Waals surface area contributed by atoms with Crippen LogP contribution in [0.15, 0.2) is 24.3 Å². The van der Waals surface area contributed by atoms with Gasteiger partial charge in [-0.25, -0.2) is 8.42 Å². The summed E-state index contributed by atoms with van der Waals surface area (Å²) in [7, 11) is -3.07. The van der Waals surface area contributed by atoms with Gasteiger partial charge in [-0.2, -0.15) is 0 Å². The number of fused-ring (bicyclic) bond motifs is 1. The molecular weight excluding hydrogens is 316 g/mol. The Bertz CT molecular complexity index is 841. The van der Waals surface area contributed by atoms with Gasteiger partial charge in [-0.3, -0.25) is 4.79 Å². The molecule has 3 rings (SSSR count). The third-order valence-electron chi connectivity index (χ3n) is 4.16. The van der Waals surface area contributed by atoms with E-state index < -0.39 is 15.1 Å². The highest BCUT2D eigenvalue weighted by molar-refractivity contribution is 7.92. The van der Waals surface area contributed by atoms with E-state index in [2.05, 4.69) is 4.98 Å². The second-order valence-corrected chi connectivity index (χ2v) is 8.33. The van der Waals surface area contributed by atoms with Gasteiger partial charge >= 0.3 is 0 Å². The van der Waals surface area contributed by atoms with Crippen molar-refractivity contribution in [2.45, 2.75) is 19.1 Å². The quantitative estimate of drug-likeness (QED) is 0.927. The van der Waals surface area contributed by atoms with Crippen LogP contribution in [0.25, 0.3) is 10.9 Å². The monoisotopic (exact) mass is 336 g/mol. The molecule has 1 aromatic heterocycles. The van der Waals surface area contributed by atoms with E-state index in [9.17, 15) is 13.2 Å². The predicted molar refractivity (Wildman–Crippen MR) is 88.6 cm³/mol. The Balaban J connectivity index is 1.84. The van der Waals surface area contributed by atoms with Gasteiger partial charge in [0.2, 0.25) is 0 Å². The van der Waals surface area contributed by atoms with Crippen molar-refractivity contribution in [2.75, 3.05) is 25.4 Å². The Kier molecular flexibility index (Phi) is 4.06. The highest BCUT2D eigenvalue weighted by atomic mass is 32.2. The first kappa shape index (κ1) is 15.9. The summed E-state index contributed by atoms with van der Waals surface area (Å²) >= 11 is 0. The number of aromatic nitrogens is 1. The summed E-state index contributed by atoms with van der Waals surface area (Å²) in [5.41, 5.74) is 1.30. The Morgan fingerprint density at radius 2 is 2.17 bits per heavy atom. The van der Waals surface area contributed by atoms with Crippen LogP contribution in [0.5, 0.6) is 5.75 Å². The smallest absolute Gasteiger partial charge is 0.270 e. The molecule has 6 nitrogen and oxygen atoms in total. The van der Waals surface area contributed by atoms with Crippen LogP contribution in [-0.4, -0.2) is 54.9 Å². The van der Waals surface area contributed by atoms with E-state index in [1.54, 1.807) is 17.9 Å². The molecule has 1 atom stereocenters. The number of amides is 1. The summed E-state index contributed by atoms with van der Waals surface area (Å²) in [6.07, 6.45) is 0. The molecule has 0 bridgehead atoms. The number of ether oxygens (including phenoxy) is 1. The fourth-order valence-electron chi connectivity index (χ4n) is 2.79. The van der Waals surface area contributed by atoms with Gasteiger partial charge < -0.3 is 14.6 Å². The highest BCUT2D eigenvalue weighted by Gasteiger charge is 2.32. The number of rotatable bonds is 3. The number of hydrogen-bond donors (Lipinski definition) is 1. The molecule has 1 aliphatic heterocycles. The lowest BCUT2D eigenvalue weighted by Gasteiger charge is -2.30. The summed E-state index contributed by atoms with van der Waals surface area (Å²) in [5.74, 6) is 0.605. The average Bonchev–Trinajstić information content (AvgIpc) is 2.93. The lowest BCUT2D eigenvalue weighted by atomic mass is 10.2. The molecule has 23 heavy (non-hydrogen) atoms. The Labute approximate surface area is 135 Å². The summed E-state index contributed by atoms with van der Waals surface area (Å²) < 4.78 is 29.0. The van der Waals surface area contributed by atoms with Gasteiger partial charge in [0.1, 0.15) is 11.4 Å². The first-order chi connectivity index (χ1) is 10.9. The van der Waals surface area contributed by atoms with E-state index in [0.29, 0.717) is 12.3 Å². The van der Waals surface area contributed by atoms with E-state index in [-0.39, 0.29) is 24.7 Å². The van der Waals surface area contributed by atoms with Crippen molar-refractivity contribution in [2.24, 2.45) is 0 Å². The van der Waals surface area contributed by atoms with Crippen molar-refractivity contribution in [1.29, 1.82) is 0 Å². The second kappa shape index (κ2) is 5.88. The third-order valence-corrected chi connectivity index (χ3v) is 6.29. The fourth-order valence-corrected chi connectivity index (χ4v) is 4.07. The van der Waals surface area contributed by atoms with E-state index >= 15 is 0 Å². The number of nitrogens with zero attached hydrogens (tertiary/aromatic N) is 1. The van der Waals surface area contributed by atoms with Crippen LogP contribution in [0.2, 0.25) is 0 Å². The molecule has 1 aromatic carbocycles. The first-order valence-electron chi connectivity index (χ1n) is 7.67. The number of H-pyrrole nitrogens is 1. The molecule has 7 heteroatoms. The summed E-state index contributed by atoms with van der Waals surface area (Å²) in [5, 5.41) is 0.406. The van der Waals surface area contributed by atoms with Crippen molar-refractivity contribution in [1.82, 2.24) is 9.88 Å². The maximum atomic E-state index is 12.6. The molecule has 1 unspecified atom stereocenters. The maximum Gasteiger partial charge on any atom is 0.270 e. The fraction of sp³-hybridized carbons (Fsp3) is 0.438. The number of aromatic amines is 1. The topological polar surface area (TPSA) is 79.5 Å². The van der Waals surface area contributed by atoms with Gasteiger partial charge in [-0.15, -0.1) is 0 Å². The van der Waals surface area contributed by atoms with Crippen molar-refractivity contribution in [3.63, 3.8) is 0 Å². The molecular formula is C16H20N2O4S. The van der Waals surface area contributed by atoms with Crippen molar-refractivity contribution in [3.8, 4) is 5.75 Å².